The van der Waals surface area contributed by atoms with E-state index in [4.69, 9.17) is 5.73 Å². The second-order valence-corrected chi connectivity index (χ2v) is 4.60. The lowest BCUT2D eigenvalue weighted by atomic mass is 10.2. The molecule has 2 aromatic heterocycles. The first kappa shape index (κ1) is 12.3. The molecule has 0 aliphatic carbocycles. The maximum atomic E-state index is 11.2. The fraction of sp³-hybridized carbons (Fsp3) is 0.143. The molecule has 0 fully saturated rings. The number of aromatic amines is 1. The van der Waals surface area contributed by atoms with Crippen LogP contribution >= 0.6 is 0 Å². The summed E-state index contributed by atoms with van der Waals surface area (Å²) in [7, 11) is 2.01. The summed E-state index contributed by atoms with van der Waals surface area (Å²) < 4.78 is 2.11. The van der Waals surface area contributed by atoms with Crippen molar-refractivity contribution in [2.75, 3.05) is 5.32 Å². The van der Waals surface area contributed by atoms with E-state index in [-0.39, 0.29) is 0 Å². The fourth-order valence-corrected chi connectivity index (χ4v) is 2.31. The standard InChI is InChI=1S/C14H15N5O/c1-19-10(6-9-4-2-3-5-11(9)19)7-16-14-12(13(15)20)17-8-18-14/h2-6,8,16H,7H2,1H3,(H2,15,20)(H,17,18). The highest BCUT2D eigenvalue weighted by molar-refractivity contribution is 5.95. The Hall–Kier alpha value is -2.76. The van der Waals surface area contributed by atoms with Gasteiger partial charge in [0, 0.05) is 18.3 Å². The Morgan fingerprint density at radius 3 is 3.00 bits per heavy atom. The van der Waals surface area contributed by atoms with Gasteiger partial charge in [0.05, 0.1) is 12.9 Å². The number of para-hydroxylation sites is 1. The quantitative estimate of drug-likeness (QED) is 0.672. The summed E-state index contributed by atoms with van der Waals surface area (Å²) >= 11 is 0. The summed E-state index contributed by atoms with van der Waals surface area (Å²) in [6, 6.07) is 10.3. The van der Waals surface area contributed by atoms with Crippen molar-refractivity contribution in [3.8, 4) is 0 Å². The van der Waals surface area contributed by atoms with Gasteiger partial charge in [-0.05, 0) is 17.5 Å². The molecule has 1 aromatic carbocycles. The lowest BCUT2D eigenvalue weighted by Crippen LogP contribution is -2.15. The van der Waals surface area contributed by atoms with E-state index in [9.17, 15) is 4.79 Å². The summed E-state index contributed by atoms with van der Waals surface area (Å²) in [5, 5.41) is 4.31. The Kier molecular flexibility index (Phi) is 2.90. The number of imidazole rings is 1. The Balaban J connectivity index is 1.85. The number of benzene rings is 1. The monoisotopic (exact) mass is 269 g/mol. The zero-order chi connectivity index (χ0) is 14.1. The first-order chi connectivity index (χ1) is 9.66. The van der Waals surface area contributed by atoms with Crippen molar-refractivity contribution in [1.82, 2.24) is 14.5 Å². The molecule has 0 atom stereocenters. The minimum Gasteiger partial charge on any atom is -0.364 e. The molecule has 0 saturated heterocycles. The maximum absolute atomic E-state index is 11.2. The molecule has 0 aliphatic rings. The number of anilines is 1. The molecule has 3 aromatic rings. The number of carbonyl (C=O) groups excluding carboxylic acids is 1. The van der Waals surface area contributed by atoms with Gasteiger partial charge in [0.2, 0.25) is 0 Å². The highest BCUT2D eigenvalue weighted by Crippen LogP contribution is 2.19. The van der Waals surface area contributed by atoms with Gasteiger partial charge in [-0.1, -0.05) is 18.2 Å². The summed E-state index contributed by atoms with van der Waals surface area (Å²) in [4.78, 5) is 18.0. The van der Waals surface area contributed by atoms with Gasteiger partial charge in [-0.2, -0.15) is 0 Å². The smallest absolute Gasteiger partial charge is 0.269 e. The van der Waals surface area contributed by atoms with Crippen molar-refractivity contribution >= 4 is 22.6 Å². The minimum atomic E-state index is -0.526. The number of carbonyl (C=O) groups is 1. The Bertz CT molecular complexity index is 771. The van der Waals surface area contributed by atoms with Gasteiger partial charge in [0.15, 0.2) is 5.82 Å². The molecular weight excluding hydrogens is 254 g/mol. The first-order valence-corrected chi connectivity index (χ1v) is 6.27. The largest absolute Gasteiger partial charge is 0.364 e. The van der Waals surface area contributed by atoms with Crippen LogP contribution in [0.25, 0.3) is 10.9 Å². The molecule has 0 aliphatic heterocycles. The van der Waals surface area contributed by atoms with Crippen molar-refractivity contribution in [3.05, 3.63) is 48.0 Å². The number of fused-ring (bicyclic) bond motifs is 1. The second kappa shape index (κ2) is 4.73. The molecule has 0 spiro atoms. The number of primary amides is 1. The number of aromatic nitrogens is 3. The first-order valence-electron chi connectivity index (χ1n) is 6.27. The van der Waals surface area contributed by atoms with Crippen LogP contribution in [-0.2, 0) is 13.6 Å². The van der Waals surface area contributed by atoms with E-state index in [1.54, 1.807) is 0 Å². The van der Waals surface area contributed by atoms with Crippen molar-refractivity contribution in [3.63, 3.8) is 0 Å². The lowest BCUT2D eigenvalue weighted by molar-refractivity contribution is 0.0997. The number of nitrogens with zero attached hydrogens (tertiary/aromatic N) is 2. The van der Waals surface area contributed by atoms with Gasteiger partial charge in [0.1, 0.15) is 5.69 Å². The number of hydrogen-bond donors (Lipinski definition) is 3. The predicted octanol–water partition coefficient (Wildman–Crippen LogP) is 1.61. The molecule has 0 saturated carbocycles. The molecule has 0 bridgehead atoms. The molecule has 1 amide bonds. The van der Waals surface area contributed by atoms with Crippen LogP contribution in [0.1, 0.15) is 16.2 Å². The predicted molar refractivity (Wildman–Crippen MR) is 77.4 cm³/mol. The number of nitrogens with two attached hydrogens (primary N) is 1. The summed E-state index contributed by atoms with van der Waals surface area (Å²) in [5.41, 5.74) is 7.83. The topological polar surface area (TPSA) is 88.7 Å². The molecule has 2 heterocycles. The molecular formula is C14H15N5O. The average molecular weight is 269 g/mol. The SMILES string of the molecule is Cn1c(CNc2nc[nH]c2C(N)=O)cc2ccccc21. The zero-order valence-electron chi connectivity index (χ0n) is 11.1. The third-order valence-corrected chi connectivity index (χ3v) is 3.37. The van der Waals surface area contributed by atoms with Gasteiger partial charge in [-0.25, -0.2) is 4.98 Å². The highest BCUT2D eigenvalue weighted by Gasteiger charge is 2.11. The normalized spacial score (nSPS) is 10.8. The maximum Gasteiger partial charge on any atom is 0.269 e. The third kappa shape index (κ3) is 2.01. The Labute approximate surface area is 115 Å². The van der Waals surface area contributed by atoms with Gasteiger partial charge in [-0.3, -0.25) is 4.79 Å². The van der Waals surface area contributed by atoms with E-state index in [1.807, 2.05) is 19.2 Å². The van der Waals surface area contributed by atoms with Crippen molar-refractivity contribution in [2.24, 2.45) is 12.8 Å². The van der Waals surface area contributed by atoms with Crippen LogP contribution in [0.15, 0.2) is 36.7 Å². The Morgan fingerprint density at radius 1 is 1.45 bits per heavy atom. The lowest BCUT2D eigenvalue weighted by Gasteiger charge is -2.06. The van der Waals surface area contributed by atoms with E-state index in [0.29, 0.717) is 18.1 Å². The van der Waals surface area contributed by atoms with Gasteiger partial charge in [-0.15, -0.1) is 0 Å². The summed E-state index contributed by atoms with van der Waals surface area (Å²) in [6.45, 7) is 0.566. The zero-order valence-corrected chi connectivity index (χ0v) is 11.1. The van der Waals surface area contributed by atoms with Gasteiger partial charge < -0.3 is 20.6 Å². The molecule has 102 valence electrons. The molecule has 0 unspecified atom stereocenters. The van der Waals surface area contributed by atoms with Crippen LogP contribution < -0.4 is 11.1 Å². The molecule has 3 rings (SSSR count). The van der Waals surface area contributed by atoms with Crippen LogP contribution in [0, 0.1) is 0 Å². The summed E-state index contributed by atoms with van der Waals surface area (Å²) in [5.74, 6) is -0.0511. The number of H-pyrrole nitrogens is 1. The number of nitrogens with one attached hydrogen (secondary N) is 2. The van der Waals surface area contributed by atoms with Crippen LogP contribution in [0.5, 0.6) is 0 Å². The van der Waals surface area contributed by atoms with Gasteiger partial charge in [0.25, 0.3) is 5.91 Å². The fourth-order valence-electron chi connectivity index (χ4n) is 2.31. The third-order valence-electron chi connectivity index (χ3n) is 3.37. The van der Waals surface area contributed by atoms with E-state index >= 15 is 0 Å². The second-order valence-electron chi connectivity index (χ2n) is 4.60. The average Bonchev–Trinajstić information content (AvgIpc) is 3.02. The number of amides is 1. The minimum absolute atomic E-state index is 0.295. The van der Waals surface area contributed by atoms with E-state index in [1.165, 1.54) is 17.2 Å². The van der Waals surface area contributed by atoms with E-state index in [0.717, 1.165) is 5.69 Å². The summed E-state index contributed by atoms with van der Waals surface area (Å²) in [6.07, 6.45) is 1.45. The molecule has 20 heavy (non-hydrogen) atoms. The number of aryl methyl sites for hydroxylation is 1. The Morgan fingerprint density at radius 2 is 2.25 bits per heavy atom. The van der Waals surface area contributed by atoms with Crippen LogP contribution in [0.4, 0.5) is 5.82 Å². The molecule has 4 N–H and O–H groups in total. The van der Waals surface area contributed by atoms with Crippen LogP contribution in [-0.4, -0.2) is 20.4 Å². The van der Waals surface area contributed by atoms with Crippen molar-refractivity contribution < 1.29 is 4.79 Å². The van der Waals surface area contributed by atoms with E-state index in [2.05, 4.69) is 38.1 Å². The number of rotatable bonds is 4. The van der Waals surface area contributed by atoms with Crippen LogP contribution in [0.3, 0.4) is 0 Å². The van der Waals surface area contributed by atoms with Crippen molar-refractivity contribution in [1.29, 1.82) is 0 Å². The molecule has 6 heteroatoms. The van der Waals surface area contributed by atoms with E-state index < -0.39 is 5.91 Å². The molecule has 0 radical (unpaired) electrons. The molecule has 6 nitrogen and oxygen atoms in total. The van der Waals surface area contributed by atoms with Crippen molar-refractivity contribution in [2.45, 2.75) is 6.54 Å². The number of hydrogen-bond acceptors (Lipinski definition) is 3. The highest BCUT2D eigenvalue weighted by atomic mass is 16.1. The van der Waals surface area contributed by atoms with Gasteiger partial charge >= 0.3 is 0 Å². The van der Waals surface area contributed by atoms with Crippen LogP contribution in [0.2, 0.25) is 0 Å².